The first kappa shape index (κ1) is 14.8. The van der Waals surface area contributed by atoms with E-state index in [4.69, 9.17) is 0 Å². The van der Waals surface area contributed by atoms with Gasteiger partial charge in [-0.25, -0.2) is 8.42 Å². The Bertz CT molecular complexity index is 436. The Morgan fingerprint density at radius 1 is 0.950 bits per heavy atom. The zero-order valence-corrected chi connectivity index (χ0v) is 13.0. The van der Waals surface area contributed by atoms with Crippen LogP contribution < -0.4 is 0 Å². The van der Waals surface area contributed by atoms with Gasteiger partial charge in [0.1, 0.15) is 0 Å². The highest BCUT2D eigenvalue weighted by molar-refractivity contribution is 7.91. The van der Waals surface area contributed by atoms with Gasteiger partial charge in [-0.1, -0.05) is 19.3 Å². The van der Waals surface area contributed by atoms with E-state index in [1.54, 1.807) is 0 Å². The van der Waals surface area contributed by atoms with Crippen molar-refractivity contribution in [3.63, 3.8) is 0 Å². The molecule has 0 aromatic carbocycles. The molecule has 2 heterocycles. The summed E-state index contributed by atoms with van der Waals surface area (Å²) in [6.07, 6.45) is 8.56. The Hall–Kier alpha value is -0.130. The van der Waals surface area contributed by atoms with Gasteiger partial charge in [0, 0.05) is 18.0 Å². The summed E-state index contributed by atoms with van der Waals surface area (Å²) in [5, 5.41) is 10.3. The minimum Gasteiger partial charge on any atom is -0.393 e. The molecule has 4 unspecified atom stereocenters. The highest BCUT2D eigenvalue weighted by Gasteiger charge is 2.41. The van der Waals surface area contributed by atoms with Crippen LogP contribution in [-0.4, -0.2) is 54.7 Å². The lowest BCUT2D eigenvalue weighted by atomic mass is 9.77. The fourth-order valence-corrected chi connectivity index (χ4v) is 6.26. The van der Waals surface area contributed by atoms with Gasteiger partial charge in [0.2, 0.25) is 0 Å². The fourth-order valence-electron chi connectivity index (χ4n) is 4.52. The minimum absolute atomic E-state index is 0.174. The molecule has 1 saturated carbocycles. The van der Waals surface area contributed by atoms with Crippen LogP contribution in [0.15, 0.2) is 0 Å². The number of likely N-dealkylation sites (tertiary alicyclic amines) is 1. The number of sulfone groups is 1. The summed E-state index contributed by atoms with van der Waals surface area (Å²) in [6, 6.07) is 0.622. The molecule has 0 bridgehead atoms. The van der Waals surface area contributed by atoms with Gasteiger partial charge in [0.15, 0.2) is 9.84 Å². The SMILES string of the molecule is O=S1(=O)CCC(N2CCCCC2C2CCCCC2O)C1. The second-order valence-corrected chi connectivity index (χ2v) is 9.10. The molecule has 2 saturated heterocycles. The van der Waals surface area contributed by atoms with Crippen LogP contribution in [0.5, 0.6) is 0 Å². The third-order valence-electron chi connectivity index (χ3n) is 5.55. The van der Waals surface area contributed by atoms with Crippen LogP contribution in [0.4, 0.5) is 0 Å². The van der Waals surface area contributed by atoms with E-state index in [-0.39, 0.29) is 12.1 Å². The number of aliphatic hydroxyl groups is 1. The number of hydrogen-bond acceptors (Lipinski definition) is 4. The third kappa shape index (κ3) is 3.04. The second kappa shape index (κ2) is 5.93. The van der Waals surface area contributed by atoms with Crippen LogP contribution >= 0.6 is 0 Å². The summed E-state index contributed by atoms with van der Waals surface area (Å²) >= 11 is 0. The predicted octanol–water partition coefficient (Wildman–Crippen LogP) is 1.58. The average molecular weight is 301 g/mol. The molecule has 0 aromatic rings. The summed E-state index contributed by atoms with van der Waals surface area (Å²) < 4.78 is 23.5. The fraction of sp³-hybridized carbons (Fsp3) is 1.00. The van der Waals surface area contributed by atoms with Gasteiger partial charge in [0.25, 0.3) is 0 Å². The molecule has 4 atom stereocenters. The molecule has 20 heavy (non-hydrogen) atoms. The highest BCUT2D eigenvalue weighted by atomic mass is 32.2. The Morgan fingerprint density at radius 2 is 1.70 bits per heavy atom. The zero-order valence-electron chi connectivity index (χ0n) is 12.2. The Kier molecular flexibility index (Phi) is 4.39. The maximum Gasteiger partial charge on any atom is 0.151 e. The molecule has 116 valence electrons. The molecule has 1 N–H and O–H groups in total. The second-order valence-electron chi connectivity index (χ2n) is 6.87. The van der Waals surface area contributed by atoms with Crippen LogP contribution in [0.3, 0.4) is 0 Å². The number of piperidine rings is 1. The van der Waals surface area contributed by atoms with Gasteiger partial charge in [-0.05, 0) is 38.6 Å². The van der Waals surface area contributed by atoms with E-state index >= 15 is 0 Å². The van der Waals surface area contributed by atoms with Crippen LogP contribution in [0, 0.1) is 5.92 Å². The van der Waals surface area contributed by atoms with Gasteiger partial charge in [-0.2, -0.15) is 0 Å². The summed E-state index contributed by atoms with van der Waals surface area (Å²) in [4.78, 5) is 2.45. The van der Waals surface area contributed by atoms with Crippen molar-refractivity contribution in [3.05, 3.63) is 0 Å². The van der Waals surface area contributed by atoms with E-state index in [2.05, 4.69) is 4.90 Å². The van der Waals surface area contributed by atoms with Crippen molar-refractivity contribution >= 4 is 9.84 Å². The number of rotatable bonds is 2. The van der Waals surface area contributed by atoms with Gasteiger partial charge in [-0.3, -0.25) is 4.90 Å². The van der Waals surface area contributed by atoms with Crippen molar-refractivity contribution < 1.29 is 13.5 Å². The zero-order chi connectivity index (χ0) is 14.2. The maximum absolute atomic E-state index is 11.8. The van der Waals surface area contributed by atoms with E-state index in [0.29, 0.717) is 23.5 Å². The molecule has 5 heteroatoms. The first-order valence-electron chi connectivity index (χ1n) is 8.21. The highest BCUT2D eigenvalue weighted by Crippen LogP contribution is 2.36. The lowest BCUT2D eigenvalue weighted by Crippen LogP contribution is -2.53. The lowest BCUT2D eigenvalue weighted by Gasteiger charge is -2.46. The Morgan fingerprint density at radius 3 is 2.40 bits per heavy atom. The minimum atomic E-state index is -2.82. The summed E-state index contributed by atoms with van der Waals surface area (Å²) in [7, 11) is -2.82. The predicted molar refractivity (Wildman–Crippen MR) is 79.4 cm³/mol. The molecular formula is C15H27NO3S. The standard InChI is InChI=1S/C15H27NO3S/c17-15-7-2-1-5-13(15)14-6-3-4-9-16(14)12-8-10-20(18,19)11-12/h12-15,17H,1-11H2. The lowest BCUT2D eigenvalue weighted by molar-refractivity contribution is -0.0182. The molecule has 0 aromatic heterocycles. The van der Waals surface area contributed by atoms with E-state index in [1.165, 1.54) is 19.3 Å². The topological polar surface area (TPSA) is 57.6 Å². The molecule has 0 spiro atoms. The van der Waals surface area contributed by atoms with Crippen molar-refractivity contribution in [2.45, 2.75) is 69.6 Å². The molecular weight excluding hydrogens is 274 g/mol. The molecule has 0 amide bonds. The maximum atomic E-state index is 11.8. The molecule has 2 aliphatic heterocycles. The Balaban J connectivity index is 1.73. The molecule has 3 aliphatic rings. The summed E-state index contributed by atoms with van der Waals surface area (Å²) in [5.74, 6) is 1.06. The van der Waals surface area contributed by atoms with E-state index in [1.807, 2.05) is 0 Å². The van der Waals surface area contributed by atoms with Crippen molar-refractivity contribution in [3.8, 4) is 0 Å². The average Bonchev–Trinajstić information content (AvgIpc) is 2.80. The number of nitrogens with zero attached hydrogens (tertiary/aromatic N) is 1. The van der Waals surface area contributed by atoms with Crippen LogP contribution in [0.25, 0.3) is 0 Å². The summed E-state index contributed by atoms with van der Waals surface area (Å²) in [5.41, 5.74) is 0. The number of aliphatic hydroxyl groups excluding tert-OH is 1. The van der Waals surface area contributed by atoms with Crippen LogP contribution in [0.1, 0.15) is 51.4 Å². The van der Waals surface area contributed by atoms with Gasteiger partial charge >= 0.3 is 0 Å². The smallest absolute Gasteiger partial charge is 0.151 e. The molecule has 1 aliphatic carbocycles. The first-order chi connectivity index (χ1) is 9.57. The normalized spacial score (nSPS) is 42.6. The summed E-state index contributed by atoms with van der Waals surface area (Å²) in [6.45, 7) is 1.02. The van der Waals surface area contributed by atoms with Gasteiger partial charge in [-0.15, -0.1) is 0 Å². The van der Waals surface area contributed by atoms with E-state index in [9.17, 15) is 13.5 Å². The quantitative estimate of drug-likeness (QED) is 0.841. The van der Waals surface area contributed by atoms with Crippen molar-refractivity contribution in [1.29, 1.82) is 0 Å². The van der Waals surface area contributed by atoms with Gasteiger partial charge in [0.05, 0.1) is 17.6 Å². The molecule has 0 radical (unpaired) electrons. The molecule has 4 nitrogen and oxygen atoms in total. The first-order valence-corrected chi connectivity index (χ1v) is 10.0. The Labute approximate surface area is 122 Å². The van der Waals surface area contributed by atoms with Crippen molar-refractivity contribution in [2.24, 2.45) is 5.92 Å². The third-order valence-corrected chi connectivity index (χ3v) is 7.30. The van der Waals surface area contributed by atoms with Crippen LogP contribution in [0.2, 0.25) is 0 Å². The largest absolute Gasteiger partial charge is 0.393 e. The van der Waals surface area contributed by atoms with E-state index < -0.39 is 9.84 Å². The van der Waals surface area contributed by atoms with Crippen LogP contribution in [-0.2, 0) is 9.84 Å². The number of hydrogen-bond donors (Lipinski definition) is 1. The molecule has 3 rings (SSSR count). The van der Waals surface area contributed by atoms with Crippen molar-refractivity contribution in [1.82, 2.24) is 4.90 Å². The van der Waals surface area contributed by atoms with E-state index in [0.717, 1.165) is 38.6 Å². The van der Waals surface area contributed by atoms with Crippen molar-refractivity contribution in [2.75, 3.05) is 18.1 Å². The monoisotopic (exact) mass is 301 g/mol. The molecule has 3 fully saturated rings. The van der Waals surface area contributed by atoms with Gasteiger partial charge < -0.3 is 5.11 Å².